The monoisotopic (exact) mass is 450 g/mol. The number of carbonyl (C=O) groups is 1. The number of anilines is 2. The van der Waals surface area contributed by atoms with Crippen molar-refractivity contribution < 1.29 is 19.1 Å². The lowest BCUT2D eigenvalue weighted by Gasteiger charge is -2.28. The molecule has 2 aromatic carbocycles. The smallest absolute Gasteiger partial charge is 0.335 e. The molecule has 0 radical (unpaired) electrons. The first-order chi connectivity index (χ1) is 16.1. The van der Waals surface area contributed by atoms with Gasteiger partial charge in [-0.25, -0.2) is 4.79 Å². The quantitative estimate of drug-likeness (QED) is 0.280. The number of carboxylic acids is 1. The zero-order chi connectivity index (χ0) is 23.5. The summed E-state index contributed by atoms with van der Waals surface area (Å²) in [6.45, 7) is 6.60. The molecule has 0 aliphatic carbocycles. The number of benzene rings is 2. The first kappa shape index (κ1) is 24.2. The molecule has 2 N–H and O–H groups in total. The average molecular weight is 451 g/mol. The van der Waals surface area contributed by atoms with Crippen LogP contribution in [0.15, 0.2) is 65.3 Å². The van der Waals surface area contributed by atoms with Crippen molar-refractivity contribution in [1.29, 1.82) is 0 Å². The molecule has 0 saturated carbocycles. The number of unbranched alkanes of at least 4 members (excludes halogenated alkanes) is 2. The SMILES string of the molecule is CCCCN(CCCC)c1cc(C(=O)O)cc(NCCc2ccco2)c1Oc1ccccc1. The maximum Gasteiger partial charge on any atom is 0.335 e. The number of furan rings is 1. The van der Waals surface area contributed by atoms with Crippen molar-refractivity contribution in [2.75, 3.05) is 29.9 Å². The summed E-state index contributed by atoms with van der Waals surface area (Å²) >= 11 is 0. The fraction of sp³-hybridized carbons (Fsp3) is 0.370. The maximum atomic E-state index is 12.0. The molecule has 0 fully saturated rings. The molecule has 1 aromatic heterocycles. The number of aromatic carboxylic acids is 1. The van der Waals surface area contributed by atoms with Gasteiger partial charge in [-0.15, -0.1) is 0 Å². The van der Waals surface area contributed by atoms with Crippen LogP contribution in [-0.2, 0) is 6.42 Å². The normalized spacial score (nSPS) is 10.7. The molecule has 6 nitrogen and oxygen atoms in total. The molecule has 1 heterocycles. The molecular weight excluding hydrogens is 416 g/mol. The fourth-order valence-corrected chi connectivity index (χ4v) is 3.64. The molecule has 0 unspecified atom stereocenters. The molecule has 3 aromatic rings. The highest BCUT2D eigenvalue weighted by Crippen LogP contribution is 2.41. The van der Waals surface area contributed by atoms with E-state index in [2.05, 4.69) is 24.1 Å². The molecule has 0 aliphatic heterocycles. The highest BCUT2D eigenvalue weighted by Gasteiger charge is 2.21. The largest absolute Gasteiger partial charge is 0.478 e. The van der Waals surface area contributed by atoms with Gasteiger partial charge in [-0.1, -0.05) is 44.9 Å². The number of ether oxygens (including phenoxy) is 1. The minimum atomic E-state index is -0.956. The van der Waals surface area contributed by atoms with Crippen LogP contribution in [-0.4, -0.2) is 30.7 Å². The molecule has 33 heavy (non-hydrogen) atoms. The van der Waals surface area contributed by atoms with Crippen LogP contribution in [0.5, 0.6) is 11.5 Å². The Hall–Kier alpha value is -3.41. The Morgan fingerprint density at radius 3 is 2.36 bits per heavy atom. The summed E-state index contributed by atoms with van der Waals surface area (Å²) < 4.78 is 11.8. The van der Waals surface area contributed by atoms with E-state index in [-0.39, 0.29) is 5.56 Å². The van der Waals surface area contributed by atoms with Crippen LogP contribution in [0.1, 0.15) is 55.6 Å². The summed E-state index contributed by atoms with van der Waals surface area (Å²) in [7, 11) is 0. The van der Waals surface area contributed by atoms with E-state index in [9.17, 15) is 9.90 Å². The van der Waals surface area contributed by atoms with Crippen LogP contribution < -0.4 is 15.0 Å². The Balaban J connectivity index is 2.01. The van der Waals surface area contributed by atoms with Gasteiger partial charge in [-0.05, 0) is 49.2 Å². The third-order valence-corrected chi connectivity index (χ3v) is 5.45. The first-order valence-corrected chi connectivity index (χ1v) is 11.8. The van der Waals surface area contributed by atoms with Gasteiger partial charge < -0.3 is 24.5 Å². The number of carboxylic acid groups (broad SMARTS) is 1. The minimum Gasteiger partial charge on any atom is -0.478 e. The van der Waals surface area contributed by atoms with Crippen molar-refractivity contribution in [1.82, 2.24) is 0 Å². The van der Waals surface area contributed by atoms with E-state index < -0.39 is 5.97 Å². The second-order valence-corrected chi connectivity index (χ2v) is 8.04. The third kappa shape index (κ3) is 7.04. The molecule has 0 amide bonds. The van der Waals surface area contributed by atoms with E-state index in [1.54, 1.807) is 18.4 Å². The highest BCUT2D eigenvalue weighted by atomic mass is 16.5. The van der Waals surface area contributed by atoms with Crippen LogP contribution in [0, 0.1) is 0 Å². The van der Waals surface area contributed by atoms with Crippen molar-refractivity contribution in [3.8, 4) is 11.5 Å². The van der Waals surface area contributed by atoms with E-state index in [1.807, 2.05) is 42.5 Å². The summed E-state index contributed by atoms with van der Waals surface area (Å²) in [6, 6.07) is 16.8. The summed E-state index contributed by atoms with van der Waals surface area (Å²) in [6.07, 6.45) is 6.50. The Bertz CT molecular complexity index is 979. The lowest BCUT2D eigenvalue weighted by Crippen LogP contribution is -2.26. The maximum absolute atomic E-state index is 12.0. The molecule has 0 atom stereocenters. The number of para-hydroxylation sites is 1. The molecule has 6 heteroatoms. The van der Waals surface area contributed by atoms with Crippen LogP contribution >= 0.6 is 0 Å². The van der Waals surface area contributed by atoms with E-state index >= 15 is 0 Å². The summed E-state index contributed by atoms with van der Waals surface area (Å²) in [5.41, 5.74) is 1.71. The van der Waals surface area contributed by atoms with Crippen molar-refractivity contribution in [2.24, 2.45) is 0 Å². The molecule has 0 saturated heterocycles. The number of rotatable bonds is 14. The van der Waals surface area contributed by atoms with Crippen LogP contribution in [0.2, 0.25) is 0 Å². The van der Waals surface area contributed by atoms with Gasteiger partial charge >= 0.3 is 5.97 Å². The number of hydrogen-bond donors (Lipinski definition) is 2. The fourth-order valence-electron chi connectivity index (χ4n) is 3.64. The Kier molecular flexibility index (Phi) is 9.24. The highest BCUT2D eigenvalue weighted by molar-refractivity contribution is 5.92. The first-order valence-electron chi connectivity index (χ1n) is 11.8. The topological polar surface area (TPSA) is 74.9 Å². The van der Waals surface area contributed by atoms with Gasteiger partial charge in [0.15, 0.2) is 5.75 Å². The standard InChI is InChI=1S/C27H34N2O4/c1-3-5-16-29(17-6-4-2)25-20-21(27(30)31)19-24(28-15-14-22-13-10-18-32-22)26(25)33-23-11-8-7-9-12-23/h7-13,18-20,28H,3-6,14-17H2,1-2H3,(H,30,31). The second kappa shape index (κ2) is 12.6. The van der Waals surface area contributed by atoms with Crippen LogP contribution in [0.4, 0.5) is 11.4 Å². The number of nitrogens with zero attached hydrogens (tertiary/aromatic N) is 1. The number of nitrogens with one attached hydrogen (secondary N) is 1. The van der Waals surface area contributed by atoms with Crippen molar-refractivity contribution in [2.45, 2.75) is 46.0 Å². The summed E-state index contributed by atoms with van der Waals surface area (Å²) in [4.78, 5) is 14.2. The Labute approximate surface area is 196 Å². The zero-order valence-electron chi connectivity index (χ0n) is 19.5. The van der Waals surface area contributed by atoms with E-state index in [0.29, 0.717) is 30.2 Å². The average Bonchev–Trinajstić information content (AvgIpc) is 3.34. The van der Waals surface area contributed by atoms with E-state index in [1.165, 1.54) is 0 Å². The summed E-state index contributed by atoms with van der Waals surface area (Å²) in [5.74, 6) is 1.28. The molecule has 3 rings (SSSR count). The van der Waals surface area contributed by atoms with Gasteiger partial charge in [0.05, 0.1) is 23.2 Å². The van der Waals surface area contributed by atoms with E-state index in [4.69, 9.17) is 9.15 Å². The third-order valence-electron chi connectivity index (χ3n) is 5.45. The summed E-state index contributed by atoms with van der Waals surface area (Å²) in [5, 5.41) is 13.2. The van der Waals surface area contributed by atoms with Gasteiger partial charge in [-0.3, -0.25) is 0 Å². The molecule has 0 bridgehead atoms. The Morgan fingerprint density at radius 1 is 1.03 bits per heavy atom. The van der Waals surface area contributed by atoms with Gasteiger partial charge in [0.25, 0.3) is 0 Å². The van der Waals surface area contributed by atoms with Crippen LogP contribution in [0.25, 0.3) is 0 Å². The molecule has 176 valence electrons. The second-order valence-electron chi connectivity index (χ2n) is 8.04. The van der Waals surface area contributed by atoms with Gasteiger partial charge in [0.1, 0.15) is 11.5 Å². The minimum absolute atomic E-state index is 0.240. The number of hydrogen-bond acceptors (Lipinski definition) is 5. The van der Waals surface area contributed by atoms with Gasteiger partial charge in [0.2, 0.25) is 0 Å². The lowest BCUT2D eigenvalue weighted by molar-refractivity contribution is 0.0697. The zero-order valence-corrected chi connectivity index (χ0v) is 19.5. The Morgan fingerprint density at radius 2 is 1.76 bits per heavy atom. The van der Waals surface area contributed by atoms with E-state index in [0.717, 1.165) is 50.2 Å². The predicted molar refractivity (Wildman–Crippen MR) is 133 cm³/mol. The molecular formula is C27H34N2O4. The van der Waals surface area contributed by atoms with Crippen LogP contribution in [0.3, 0.4) is 0 Å². The predicted octanol–water partition coefficient (Wildman–Crippen LogP) is 6.83. The van der Waals surface area contributed by atoms with Crippen molar-refractivity contribution >= 4 is 17.3 Å². The van der Waals surface area contributed by atoms with Crippen molar-refractivity contribution in [3.63, 3.8) is 0 Å². The molecule has 0 aliphatic rings. The van der Waals surface area contributed by atoms with Gasteiger partial charge in [-0.2, -0.15) is 0 Å². The van der Waals surface area contributed by atoms with Crippen molar-refractivity contribution in [3.05, 3.63) is 72.2 Å². The lowest BCUT2D eigenvalue weighted by atomic mass is 10.1. The van der Waals surface area contributed by atoms with Gasteiger partial charge in [0, 0.05) is 26.1 Å². The molecule has 0 spiro atoms.